The Morgan fingerprint density at radius 3 is 2.51 bits per heavy atom. The normalized spacial score (nSPS) is 11.8. The second-order valence-electron chi connectivity index (χ2n) is 10.7. The van der Waals surface area contributed by atoms with E-state index in [1.54, 1.807) is 30.6 Å². The molecule has 2 heterocycles. The van der Waals surface area contributed by atoms with Crippen LogP contribution < -0.4 is 10.1 Å². The van der Waals surface area contributed by atoms with Crippen molar-refractivity contribution >= 4 is 42.3 Å². The van der Waals surface area contributed by atoms with Crippen LogP contribution in [0.2, 0.25) is 23.2 Å². The van der Waals surface area contributed by atoms with Gasteiger partial charge in [-0.3, -0.25) is 15.1 Å². The smallest absolute Gasteiger partial charge is 0.296 e. The lowest BCUT2D eigenvalue weighted by molar-refractivity contribution is 0.102. The molecule has 0 spiro atoms. The summed E-state index contributed by atoms with van der Waals surface area (Å²) in [7, 11) is -1.86. The van der Waals surface area contributed by atoms with Gasteiger partial charge in [0.1, 0.15) is 6.61 Å². The highest BCUT2D eigenvalue weighted by Gasteiger charge is 2.36. The lowest BCUT2D eigenvalue weighted by atomic mass is 9.95. The third-order valence-electron chi connectivity index (χ3n) is 6.92. The molecule has 10 heteroatoms. The first-order valence-corrected chi connectivity index (χ1v) is 16.8. The summed E-state index contributed by atoms with van der Waals surface area (Å²) in [5, 5.41) is 12.5. The molecule has 0 aliphatic rings. The van der Waals surface area contributed by atoms with Crippen LogP contribution >= 0.6 is 22.9 Å². The number of benzene rings is 2. The summed E-state index contributed by atoms with van der Waals surface area (Å²) >= 11 is 7.10. The number of pyridine rings is 1. The number of aromatic nitrogens is 3. The minimum atomic E-state index is -1.86. The maximum absolute atomic E-state index is 13.3. The van der Waals surface area contributed by atoms with Gasteiger partial charge in [0.05, 0.1) is 5.56 Å². The van der Waals surface area contributed by atoms with Crippen molar-refractivity contribution in [3.8, 4) is 16.3 Å². The van der Waals surface area contributed by atoms with Gasteiger partial charge in [-0.05, 0) is 70.8 Å². The van der Waals surface area contributed by atoms with Crippen molar-refractivity contribution in [1.29, 1.82) is 0 Å². The predicted octanol–water partition coefficient (Wildman–Crippen LogP) is 7.65. The molecule has 7 nitrogen and oxygen atoms in total. The average molecular weight is 581 g/mol. The number of carbonyl (C=O) groups is 1. The van der Waals surface area contributed by atoms with Crippen LogP contribution in [0, 0.1) is 0 Å². The molecule has 2 aromatic heterocycles. The first-order valence-electron chi connectivity index (χ1n) is 12.7. The summed E-state index contributed by atoms with van der Waals surface area (Å²) in [4.78, 5) is 17.6. The van der Waals surface area contributed by atoms with Gasteiger partial charge in [-0.25, -0.2) is 0 Å². The molecule has 0 atom stereocenters. The Hall–Kier alpha value is -3.11. The number of halogens is 1. The standard InChI is InChI=1S/C29H33ClN4O3SSi/c1-29(2,3)39(4,5)37-17-15-21-8-6-7-9-23(21)25-18-31-16-14-24(25)26(35)32-27-33-34-28(38-27)36-19-20-10-12-22(30)13-11-20/h6-14,16,18H,15,17,19H2,1-5H3,(H,32,33,35). The fourth-order valence-electron chi connectivity index (χ4n) is 3.65. The van der Waals surface area contributed by atoms with Gasteiger partial charge in [0, 0.05) is 29.6 Å². The van der Waals surface area contributed by atoms with Gasteiger partial charge in [-0.1, -0.05) is 73.9 Å². The van der Waals surface area contributed by atoms with Crippen molar-refractivity contribution in [2.24, 2.45) is 0 Å². The Bertz CT molecular complexity index is 1420. The zero-order valence-electron chi connectivity index (χ0n) is 22.8. The van der Waals surface area contributed by atoms with Gasteiger partial charge in [0.25, 0.3) is 11.1 Å². The van der Waals surface area contributed by atoms with E-state index in [1.807, 2.05) is 30.3 Å². The quantitative estimate of drug-likeness (QED) is 0.194. The summed E-state index contributed by atoms with van der Waals surface area (Å²) in [6.45, 7) is 12.2. The molecule has 39 heavy (non-hydrogen) atoms. The van der Waals surface area contributed by atoms with E-state index in [0.717, 1.165) is 28.7 Å². The minimum absolute atomic E-state index is 0.145. The Kier molecular flexibility index (Phi) is 9.17. The van der Waals surface area contributed by atoms with Gasteiger partial charge >= 0.3 is 0 Å². The fourth-order valence-corrected chi connectivity index (χ4v) is 5.41. The number of hydrogen-bond donors (Lipinski definition) is 1. The number of carbonyl (C=O) groups excluding carboxylic acids is 1. The van der Waals surface area contributed by atoms with Gasteiger partial charge < -0.3 is 9.16 Å². The van der Waals surface area contributed by atoms with Crippen molar-refractivity contribution in [3.63, 3.8) is 0 Å². The van der Waals surface area contributed by atoms with Gasteiger partial charge in [-0.2, -0.15) is 0 Å². The largest absolute Gasteiger partial charge is 0.464 e. The van der Waals surface area contributed by atoms with E-state index in [0.29, 0.717) is 34.1 Å². The lowest BCUT2D eigenvalue weighted by Crippen LogP contribution is -2.41. The molecule has 1 amide bonds. The van der Waals surface area contributed by atoms with Gasteiger partial charge in [0.2, 0.25) is 5.13 Å². The summed E-state index contributed by atoms with van der Waals surface area (Å²) in [6, 6.07) is 17.2. The highest BCUT2D eigenvalue weighted by atomic mass is 35.5. The molecule has 0 aliphatic heterocycles. The Morgan fingerprint density at radius 1 is 1.03 bits per heavy atom. The summed E-state index contributed by atoms with van der Waals surface area (Å²) in [6.07, 6.45) is 4.08. The number of nitrogens with one attached hydrogen (secondary N) is 1. The fraction of sp³-hybridized carbons (Fsp3) is 0.310. The van der Waals surface area contributed by atoms with Crippen LogP contribution in [-0.4, -0.2) is 36.0 Å². The van der Waals surface area contributed by atoms with E-state index in [9.17, 15) is 4.79 Å². The SMILES string of the molecule is CC(C)(C)[Si](C)(C)OCCc1ccccc1-c1cnccc1C(=O)Nc1nnc(OCc2ccc(Cl)cc2)s1. The molecule has 0 radical (unpaired) electrons. The summed E-state index contributed by atoms with van der Waals surface area (Å²) in [5.74, 6) is -0.292. The van der Waals surface area contributed by atoms with Crippen molar-refractivity contribution in [1.82, 2.24) is 15.2 Å². The van der Waals surface area contributed by atoms with Crippen LogP contribution in [0.3, 0.4) is 0 Å². The molecule has 4 aromatic rings. The van der Waals surface area contributed by atoms with E-state index < -0.39 is 8.32 Å². The molecule has 2 aromatic carbocycles. The topological polar surface area (TPSA) is 86.2 Å². The van der Waals surface area contributed by atoms with Gasteiger partial charge in [0.15, 0.2) is 8.32 Å². The second kappa shape index (κ2) is 12.4. The van der Waals surface area contributed by atoms with Crippen LogP contribution in [-0.2, 0) is 17.5 Å². The molecule has 0 unspecified atom stereocenters. The molecule has 0 bridgehead atoms. The van der Waals surface area contributed by atoms with E-state index in [1.165, 1.54) is 11.3 Å². The predicted molar refractivity (Wildman–Crippen MR) is 160 cm³/mol. The number of anilines is 1. The van der Waals surface area contributed by atoms with Crippen molar-refractivity contribution in [3.05, 3.63) is 88.7 Å². The van der Waals surface area contributed by atoms with Crippen molar-refractivity contribution in [2.75, 3.05) is 11.9 Å². The first kappa shape index (κ1) is 28.9. The Balaban J connectivity index is 1.45. The number of amides is 1. The molecular formula is C29H33ClN4O3SSi. The van der Waals surface area contributed by atoms with Crippen molar-refractivity contribution in [2.45, 2.75) is 51.9 Å². The maximum atomic E-state index is 13.3. The second-order valence-corrected chi connectivity index (χ2v) is 16.9. The lowest BCUT2D eigenvalue weighted by Gasteiger charge is -2.36. The van der Waals surface area contributed by atoms with E-state index in [2.05, 4.69) is 60.4 Å². The zero-order valence-corrected chi connectivity index (χ0v) is 25.4. The molecule has 4 rings (SSSR count). The summed E-state index contributed by atoms with van der Waals surface area (Å²) in [5.41, 5.74) is 4.27. The molecule has 0 saturated heterocycles. The highest BCUT2D eigenvalue weighted by Crippen LogP contribution is 2.37. The molecule has 1 N–H and O–H groups in total. The average Bonchev–Trinajstić information content (AvgIpc) is 3.35. The molecule has 204 valence electrons. The van der Waals surface area contributed by atoms with E-state index >= 15 is 0 Å². The molecule has 0 aliphatic carbocycles. The molecule has 0 saturated carbocycles. The molecular weight excluding hydrogens is 548 g/mol. The number of nitrogens with zero attached hydrogens (tertiary/aromatic N) is 3. The summed E-state index contributed by atoms with van der Waals surface area (Å²) < 4.78 is 12.1. The van der Waals surface area contributed by atoms with E-state index in [-0.39, 0.29) is 10.9 Å². The van der Waals surface area contributed by atoms with Crippen LogP contribution in [0.5, 0.6) is 5.19 Å². The Morgan fingerprint density at radius 2 is 1.77 bits per heavy atom. The third kappa shape index (κ3) is 7.51. The van der Waals surface area contributed by atoms with Crippen LogP contribution in [0.4, 0.5) is 5.13 Å². The van der Waals surface area contributed by atoms with Crippen molar-refractivity contribution < 1.29 is 14.0 Å². The van der Waals surface area contributed by atoms with Gasteiger partial charge in [-0.15, -0.1) is 5.10 Å². The Labute approximate surface area is 239 Å². The number of rotatable bonds is 10. The first-order chi connectivity index (χ1) is 18.5. The molecule has 0 fully saturated rings. The van der Waals surface area contributed by atoms with Crippen LogP contribution in [0.15, 0.2) is 67.0 Å². The third-order valence-corrected chi connectivity index (χ3v) is 12.5. The minimum Gasteiger partial charge on any atom is -0.464 e. The van der Waals surface area contributed by atoms with Crippen LogP contribution in [0.25, 0.3) is 11.1 Å². The van der Waals surface area contributed by atoms with E-state index in [4.69, 9.17) is 20.8 Å². The maximum Gasteiger partial charge on any atom is 0.296 e. The zero-order chi connectivity index (χ0) is 28.0. The van der Waals surface area contributed by atoms with Crippen LogP contribution in [0.1, 0.15) is 42.3 Å². The highest BCUT2D eigenvalue weighted by molar-refractivity contribution is 7.17. The number of hydrogen-bond acceptors (Lipinski definition) is 7. The monoisotopic (exact) mass is 580 g/mol. The number of ether oxygens (including phenoxy) is 1.